The second kappa shape index (κ2) is 18.1. The lowest BCUT2D eigenvalue weighted by Gasteiger charge is -2.30. The lowest BCUT2D eigenvalue weighted by atomic mass is 9.79. The Morgan fingerprint density at radius 1 is 0.485 bits per heavy atom. The highest BCUT2D eigenvalue weighted by molar-refractivity contribution is 5.95. The number of fused-ring (bicyclic) bond motifs is 3. The van der Waals surface area contributed by atoms with Gasteiger partial charge in [0.2, 0.25) is 0 Å². The first-order valence-corrected chi connectivity index (χ1v) is 23.0. The molecule has 11 rings (SSSR count). The minimum atomic E-state index is 0.300. The quantitative estimate of drug-likeness (QED) is 0.123. The summed E-state index contributed by atoms with van der Waals surface area (Å²) in [6, 6.07) is 79.8. The number of aromatic nitrogens is 4. The standard InChI is InChI=1S/C61H49N5/c1-43(45-20-8-2-9-21-45)54(46-22-10-3-11-23-46)40-44-32-38-57-55(41-44)56-42-53(65(50-28-16-6-17-29-50)51-30-18-7-19-31-51)37-39-58(56)66(57)52-35-33-49(34-36-52)61-63-59(47-24-12-4-13-25-47)62-60(64-61)48-26-14-5-15-27-48/h2-36,38,41-43,54H,37,39-40H2,1H3. The van der Waals surface area contributed by atoms with Crippen molar-refractivity contribution < 1.29 is 0 Å². The maximum atomic E-state index is 5.03. The fourth-order valence-corrected chi connectivity index (χ4v) is 9.76. The van der Waals surface area contributed by atoms with Gasteiger partial charge in [-0.05, 0) is 115 Å². The van der Waals surface area contributed by atoms with E-state index in [1.807, 2.05) is 60.7 Å². The van der Waals surface area contributed by atoms with Crippen molar-refractivity contribution in [1.82, 2.24) is 19.5 Å². The zero-order valence-electron chi connectivity index (χ0n) is 37.0. The normalized spacial score (nSPS) is 13.1. The minimum Gasteiger partial charge on any atom is -0.314 e. The highest BCUT2D eigenvalue weighted by Crippen LogP contribution is 2.42. The van der Waals surface area contributed by atoms with E-state index in [2.05, 4.69) is 186 Å². The maximum absolute atomic E-state index is 5.03. The van der Waals surface area contributed by atoms with E-state index in [1.165, 1.54) is 44.5 Å². The molecule has 2 atom stereocenters. The Morgan fingerprint density at radius 3 is 1.48 bits per heavy atom. The molecule has 5 nitrogen and oxygen atoms in total. The third-order valence-electron chi connectivity index (χ3n) is 13.1. The summed E-state index contributed by atoms with van der Waals surface area (Å²) >= 11 is 0. The maximum Gasteiger partial charge on any atom is 0.164 e. The van der Waals surface area contributed by atoms with Gasteiger partial charge in [-0.1, -0.05) is 171 Å². The van der Waals surface area contributed by atoms with Crippen molar-refractivity contribution in [3.05, 3.63) is 258 Å². The molecule has 0 saturated carbocycles. The lowest BCUT2D eigenvalue weighted by Crippen LogP contribution is -2.19. The van der Waals surface area contributed by atoms with Crippen molar-refractivity contribution in [2.45, 2.75) is 38.0 Å². The fourth-order valence-electron chi connectivity index (χ4n) is 9.76. The van der Waals surface area contributed by atoms with Crippen LogP contribution in [0.15, 0.2) is 230 Å². The molecule has 0 amide bonds. The van der Waals surface area contributed by atoms with Gasteiger partial charge in [0.1, 0.15) is 0 Å². The van der Waals surface area contributed by atoms with Crippen LogP contribution in [0.25, 0.3) is 56.8 Å². The van der Waals surface area contributed by atoms with E-state index in [0.717, 1.165) is 53.0 Å². The number of hydrogen-bond acceptors (Lipinski definition) is 4. The Bertz CT molecular complexity index is 3160. The summed E-state index contributed by atoms with van der Waals surface area (Å²) in [5.74, 6) is 2.58. The molecule has 1 aliphatic carbocycles. The predicted molar refractivity (Wildman–Crippen MR) is 272 cm³/mol. The molecule has 0 aliphatic heterocycles. The van der Waals surface area contributed by atoms with Crippen LogP contribution in [-0.2, 0) is 12.8 Å². The van der Waals surface area contributed by atoms with Gasteiger partial charge in [-0.2, -0.15) is 0 Å². The topological polar surface area (TPSA) is 46.8 Å². The molecule has 5 heteroatoms. The molecule has 0 spiro atoms. The highest BCUT2D eigenvalue weighted by atomic mass is 15.2. The summed E-state index contributed by atoms with van der Waals surface area (Å²) < 4.78 is 2.49. The second-order valence-corrected chi connectivity index (χ2v) is 17.2. The Morgan fingerprint density at radius 2 is 0.955 bits per heavy atom. The first-order chi connectivity index (χ1) is 32.6. The van der Waals surface area contributed by atoms with Gasteiger partial charge in [-0.15, -0.1) is 0 Å². The number of anilines is 2. The van der Waals surface area contributed by atoms with Crippen LogP contribution in [-0.4, -0.2) is 19.5 Å². The molecule has 0 fully saturated rings. The number of rotatable bonds is 12. The largest absolute Gasteiger partial charge is 0.314 e. The first-order valence-electron chi connectivity index (χ1n) is 23.0. The SMILES string of the molecule is CC(c1ccccc1)C(Cc1ccc2c(c1)c1c(n2-c2ccc(-c3nc(-c4ccccc4)nc(-c4ccccc4)n3)cc2)CCC(N(c2ccccc2)c2ccccc2)=C1)c1ccccc1. The number of nitrogens with zero attached hydrogens (tertiary/aromatic N) is 5. The number of hydrogen-bond donors (Lipinski definition) is 0. The molecule has 1 aliphatic rings. The van der Waals surface area contributed by atoms with Crippen molar-refractivity contribution in [2.24, 2.45) is 0 Å². The number of allylic oxidation sites excluding steroid dienone is 1. The molecule has 0 N–H and O–H groups in total. The molecule has 2 aromatic heterocycles. The van der Waals surface area contributed by atoms with Crippen LogP contribution in [0.4, 0.5) is 11.4 Å². The average molecular weight is 852 g/mol. The van der Waals surface area contributed by atoms with E-state index in [4.69, 9.17) is 15.0 Å². The van der Waals surface area contributed by atoms with Crippen molar-refractivity contribution in [3.8, 4) is 39.9 Å². The van der Waals surface area contributed by atoms with Crippen LogP contribution >= 0.6 is 0 Å². The van der Waals surface area contributed by atoms with Crippen molar-refractivity contribution in [1.29, 1.82) is 0 Å². The molecular formula is C61H49N5. The third-order valence-corrected chi connectivity index (χ3v) is 13.1. The lowest BCUT2D eigenvalue weighted by molar-refractivity contribution is 0.572. The zero-order chi connectivity index (χ0) is 44.2. The van der Waals surface area contributed by atoms with Crippen LogP contribution < -0.4 is 4.90 Å². The number of benzene rings is 8. The monoisotopic (exact) mass is 851 g/mol. The summed E-state index contributed by atoms with van der Waals surface area (Å²) in [6.07, 6.45) is 5.15. The van der Waals surface area contributed by atoms with E-state index >= 15 is 0 Å². The van der Waals surface area contributed by atoms with Crippen LogP contribution in [0.1, 0.15) is 53.1 Å². The molecule has 66 heavy (non-hydrogen) atoms. The Kier molecular flexibility index (Phi) is 11.2. The Balaban J connectivity index is 1.04. The summed E-state index contributed by atoms with van der Waals surface area (Å²) in [6.45, 7) is 2.38. The summed E-state index contributed by atoms with van der Waals surface area (Å²) in [7, 11) is 0. The second-order valence-electron chi connectivity index (χ2n) is 17.2. The molecular weight excluding hydrogens is 803 g/mol. The fraction of sp³-hybridized carbons (Fsp3) is 0.0984. The van der Waals surface area contributed by atoms with E-state index in [0.29, 0.717) is 29.3 Å². The highest BCUT2D eigenvalue weighted by Gasteiger charge is 2.27. The van der Waals surface area contributed by atoms with Gasteiger partial charge in [-0.25, -0.2) is 15.0 Å². The predicted octanol–water partition coefficient (Wildman–Crippen LogP) is 15.1. The summed E-state index contributed by atoms with van der Waals surface area (Å²) in [5, 5.41) is 1.27. The van der Waals surface area contributed by atoms with Crippen LogP contribution in [0.2, 0.25) is 0 Å². The third kappa shape index (κ3) is 8.12. The average Bonchev–Trinajstić information content (AvgIpc) is 3.72. The van der Waals surface area contributed by atoms with Gasteiger partial charge in [0, 0.05) is 56.1 Å². The van der Waals surface area contributed by atoms with E-state index in [9.17, 15) is 0 Å². The van der Waals surface area contributed by atoms with Gasteiger partial charge in [0.25, 0.3) is 0 Å². The number of para-hydroxylation sites is 2. The van der Waals surface area contributed by atoms with Crippen molar-refractivity contribution >= 4 is 28.4 Å². The van der Waals surface area contributed by atoms with E-state index < -0.39 is 0 Å². The van der Waals surface area contributed by atoms with Gasteiger partial charge in [-0.3, -0.25) is 0 Å². The molecule has 318 valence electrons. The van der Waals surface area contributed by atoms with Crippen molar-refractivity contribution in [2.75, 3.05) is 4.90 Å². The van der Waals surface area contributed by atoms with Gasteiger partial charge in [0.05, 0.1) is 5.52 Å². The Hall–Kier alpha value is -8.15. The van der Waals surface area contributed by atoms with Gasteiger partial charge in [0.15, 0.2) is 17.5 Å². The smallest absolute Gasteiger partial charge is 0.164 e. The molecule has 10 aromatic rings. The summed E-state index contributed by atoms with van der Waals surface area (Å²) in [5.41, 5.74) is 15.4. The van der Waals surface area contributed by atoms with Crippen molar-refractivity contribution in [3.63, 3.8) is 0 Å². The minimum absolute atomic E-state index is 0.300. The molecule has 2 unspecified atom stereocenters. The zero-order valence-corrected chi connectivity index (χ0v) is 37.0. The van der Waals surface area contributed by atoms with Crippen LogP contribution in [0.3, 0.4) is 0 Å². The van der Waals surface area contributed by atoms with Gasteiger partial charge >= 0.3 is 0 Å². The molecule has 0 bridgehead atoms. The van der Waals surface area contributed by atoms with Gasteiger partial charge < -0.3 is 9.47 Å². The Labute approximate surface area is 387 Å². The molecule has 0 saturated heterocycles. The molecule has 2 heterocycles. The summed E-state index contributed by atoms with van der Waals surface area (Å²) in [4.78, 5) is 17.4. The molecule has 8 aromatic carbocycles. The molecule has 0 radical (unpaired) electrons. The first kappa shape index (κ1) is 40.6. The van der Waals surface area contributed by atoms with Crippen LogP contribution in [0.5, 0.6) is 0 Å². The van der Waals surface area contributed by atoms with E-state index in [-0.39, 0.29) is 0 Å². The van der Waals surface area contributed by atoms with E-state index in [1.54, 1.807) is 0 Å². The van der Waals surface area contributed by atoms with Crippen LogP contribution in [0, 0.1) is 0 Å².